The first-order chi connectivity index (χ1) is 10.5. The van der Waals surface area contributed by atoms with E-state index in [0.717, 1.165) is 25.9 Å². The summed E-state index contributed by atoms with van der Waals surface area (Å²) < 4.78 is 22.8. The van der Waals surface area contributed by atoms with Crippen LogP contribution in [0.25, 0.3) is 0 Å². The fourth-order valence-corrected chi connectivity index (χ4v) is 5.17. The molecule has 0 aromatic carbocycles. The quantitative estimate of drug-likeness (QED) is 0.809. The van der Waals surface area contributed by atoms with Gasteiger partial charge in [0.05, 0.1) is 23.3 Å². The van der Waals surface area contributed by atoms with E-state index in [9.17, 15) is 18.0 Å². The van der Waals surface area contributed by atoms with Gasteiger partial charge in [-0.2, -0.15) is 0 Å². The number of hydrogen-bond acceptors (Lipinski definition) is 4. The zero-order valence-electron chi connectivity index (χ0n) is 12.8. The SMILES string of the molecule is O=C(NC1CCS(=O)(=O)C1)C1CC1C(=O)N1CCCCCC1. The molecule has 0 bridgehead atoms. The maximum atomic E-state index is 12.4. The monoisotopic (exact) mass is 328 g/mol. The van der Waals surface area contributed by atoms with Gasteiger partial charge >= 0.3 is 0 Å². The maximum Gasteiger partial charge on any atom is 0.226 e. The molecule has 7 heteroatoms. The summed E-state index contributed by atoms with van der Waals surface area (Å²) in [4.78, 5) is 26.5. The van der Waals surface area contributed by atoms with E-state index in [1.54, 1.807) is 0 Å². The Morgan fingerprint density at radius 3 is 2.27 bits per heavy atom. The van der Waals surface area contributed by atoms with Crippen LogP contribution in [0.5, 0.6) is 0 Å². The Hall–Kier alpha value is -1.11. The molecule has 3 aliphatic rings. The van der Waals surface area contributed by atoms with Gasteiger partial charge in [-0.15, -0.1) is 0 Å². The molecular weight excluding hydrogens is 304 g/mol. The molecule has 0 radical (unpaired) electrons. The van der Waals surface area contributed by atoms with Gasteiger partial charge in [0.2, 0.25) is 11.8 Å². The van der Waals surface area contributed by atoms with Gasteiger partial charge in [0.15, 0.2) is 9.84 Å². The molecule has 124 valence electrons. The van der Waals surface area contributed by atoms with E-state index in [4.69, 9.17) is 0 Å². The first-order valence-electron chi connectivity index (χ1n) is 8.26. The van der Waals surface area contributed by atoms with Crippen molar-refractivity contribution in [2.45, 2.75) is 44.6 Å². The fourth-order valence-electron chi connectivity index (χ4n) is 3.50. The van der Waals surface area contributed by atoms with Gasteiger partial charge in [-0.05, 0) is 25.7 Å². The van der Waals surface area contributed by atoms with Crippen molar-refractivity contribution < 1.29 is 18.0 Å². The number of sulfone groups is 1. The lowest BCUT2D eigenvalue weighted by atomic mass is 10.2. The molecule has 1 N–H and O–H groups in total. The number of rotatable bonds is 3. The molecule has 2 saturated heterocycles. The van der Waals surface area contributed by atoms with Gasteiger partial charge in [-0.1, -0.05) is 12.8 Å². The average Bonchev–Trinajstić information content (AvgIpc) is 3.23. The molecule has 3 rings (SSSR count). The van der Waals surface area contributed by atoms with Crippen molar-refractivity contribution in [3.63, 3.8) is 0 Å². The highest BCUT2D eigenvalue weighted by Gasteiger charge is 2.50. The van der Waals surface area contributed by atoms with Gasteiger partial charge in [-0.25, -0.2) is 8.42 Å². The third-order valence-electron chi connectivity index (χ3n) is 4.94. The van der Waals surface area contributed by atoms with Crippen molar-refractivity contribution in [2.24, 2.45) is 11.8 Å². The largest absolute Gasteiger partial charge is 0.352 e. The number of carbonyl (C=O) groups is 2. The molecule has 0 aromatic rings. The lowest BCUT2D eigenvalue weighted by Crippen LogP contribution is -2.38. The molecule has 22 heavy (non-hydrogen) atoms. The Balaban J connectivity index is 1.48. The minimum absolute atomic E-state index is 0.0379. The second kappa shape index (κ2) is 6.18. The summed E-state index contributed by atoms with van der Waals surface area (Å²) in [5.41, 5.74) is 0. The summed E-state index contributed by atoms with van der Waals surface area (Å²) >= 11 is 0. The predicted molar refractivity (Wildman–Crippen MR) is 81.8 cm³/mol. The lowest BCUT2D eigenvalue weighted by molar-refractivity contribution is -0.134. The molecule has 0 spiro atoms. The summed E-state index contributed by atoms with van der Waals surface area (Å²) in [6, 6.07) is -0.271. The Morgan fingerprint density at radius 2 is 1.68 bits per heavy atom. The van der Waals surface area contributed by atoms with Crippen molar-refractivity contribution in [2.75, 3.05) is 24.6 Å². The molecule has 3 atom stereocenters. The van der Waals surface area contributed by atoms with E-state index in [1.807, 2.05) is 4.90 Å². The Bertz CT molecular complexity index is 552. The molecule has 1 saturated carbocycles. The van der Waals surface area contributed by atoms with Crippen LogP contribution in [0.1, 0.15) is 38.5 Å². The van der Waals surface area contributed by atoms with Crippen LogP contribution < -0.4 is 5.32 Å². The smallest absolute Gasteiger partial charge is 0.226 e. The minimum Gasteiger partial charge on any atom is -0.352 e. The van der Waals surface area contributed by atoms with Crippen molar-refractivity contribution in [3.05, 3.63) is 0 Å². The minimum atomic E-state index is -2.99. The summed E-state index contributed by atoms with van der Waals surface area (Å²) in [7, 11) is -2.99. The molecule has 1 aliphatic carbocycles. The fraction of sp³-hybridized carbons (Fsp3) is 0.867. The predicted octanol–water partition coefficient (Wildman–Crippen LogP) is 0.328. The van der Waals surface area contributed by atoms with Crippen LogP contribution in [-0.4, -0.2) is 55.8 Å². The number of nitrogens with zero attached hydrogens (tertiary/aromatic N) is 1. The van der Waals surface area contributed by atoms with Crippen LogP contribution in [0.15, 0.2) is 0 Å². The van der Waals surface area contributed by atoms with E-state index >= 15 is 0 Å². The summed E-state index contributed by atoms with van der Waals surface area (Å²) in [5.74, 6) is -0.277. The van der Waals surface area contributed by atoms with Gasteiger partial charge < -0.3 is 10.2 Å². The topological polar surface area (TPSA) is 83.5 Å². The molecule has 0 aromatic heterocycles. The van der Waals surface area contributed by atoms with E-state index in [2.05, 4.69) is 5.32 Å². The van der Waals surface area contributed by atoms with E-state index in [1.165, 1.54) is 12.8 Å². The highest BCUT2D eigenvalue weighted by atomic mass is 32.2. The van der Waals surface area contributed by atoms with E-state index < -0.39 is 9.84 Å². The molecule has 2 amide bonds. The number of amides is 2. The van der Waals surface area contributed by atoms with Crippen molar-refractivity contribution in [1.82, 2.24) is 10.2 Å². The molecule has 3 unspecified atom stereocenters. The highest BCUT2D eigenvalue weighted by Crippen LogP contribution is 2.40. The summed E-state index contributed by atoms with van der Waals surface area (Å²) in [6.07, 6.45) is 5.56. The van der Waals surface area contributed by atoms with E-state index in [0.29, 0.717) is 12.8 Å². The first-order valence-corrected chi connectivity index (χ1v) is 10.1. The van der Waals surface area contributed by atoms with Crippen LogP contribution in [0, 0.1) is 11.8 Å². The van der Waals surface area contributed by atoms with Crippen molar-refractivity contribution in [1.29, 1.82) is 0 Å². The van der Waals surface area contributed by atoms with Crippen LogP contribution in [0.4, 0.5) is 0 Å². The lowest BCUT2D eigenvalue weighted by Gasteiger charge is -2.20. The van der Waals surface area contributed by atoms with Gasteiger partial charge in [0.25, 0.3) is 0 Å². The van der Waals surface area contributed by atoms with E-state index in [-0.39, 0.29) is 41.2 Å². The molecule has 2 aliphatic heterocycles. The number of nitrogens with one attached hydrogen (secondary N) is 1. The van der Waals surface area contributed by atoms with Crippen molar-refractivity contribution in [3.8, 4) is 0 Å². The third-order valence-corrected chi connectivity index (χ3v) is 6.71. The number of hydrogen-bond donors (Lipinski definition) is 1. The van der Waals surface area contributed by atoms with Crippen molar-refractivity contribution >= 4 is 21.7 Å². The van der Waals surface area contributed by atoms with Crippen LogP contribution in [-0.2, 0) is 19.4 Å². The summed E-state index contributed by atoms with van der Waals surface area (Å²) in [5, 5.41) is 2.81. The first kappa shape index (κ1) is 15.8. The Labute approximate surface area is 131 Å². The average molecular weight is 328 g/mol. The third kappa shape index (κ3) is 3.62. The van der Waals surface area contributed by atoms with Crippen LogP contribution in [0.2, 0.25) is 0 Å². The number of likely N-dealkylation sites (tertiary alicyclic amines) is 1. The van der Waals surface area contributed by atoms with Gasteiger partial charge in [-0.3, -0.25) is 9.59 Å². The van der Waals surface area contributed by atoms with Crippen LogP contribution in [0.3, 0.4) is 0 Å². The molecular formula is C15H24N2O4S. The summed E-state index contributed by atoms with van der Waals surface area (Å²) in [6.45, 7) is 1.62. The van der Waals surface area contributed by atoms with Gasteiger partial charge in [0.1, 0.15) is 0 Å². The Morgan fingerprint density at radius 1 is 1.00 bits per heavy atom. The second-order valence-corrected chi connectivity index (χ2v) is 9.03. The standard InChI is InChI=1S/C15H24N2O4S/c18-14(16-11-5-8-22(20,21)10-11)12-9-13(12)15(19)17-6-3-1-2-4-7-17/h11-13H,1-10H2,(H,16,18). The normalized spacial score (nSPS) is 34.0. The van der Waals surface area contributed by atoms with Crippen LogP contribution >= 0.6 is 0 Å². The zero-order valence-corrected chi connectivity index (χ0v) is 13.6. The van der Waals surface area contributed by atoms with Gasteiger partial charge in [0, 0.05) is 19.1 Å². The number of carbonyl (C=O) groups excluding carboxylic acids is 2. The Kier molecular flexibility index (Phi) is 4.43. The molecule has 3 fully saturated rings. The molecule has 2 heterocycles. The zero-order chi connectivity index (χ0) is 15.7. The molecule has 6 nitrogen and oxygen atoms in total. The highest BCUT2D eigenvalue weighted by molar-refractivity contribution is 7.91. The maximum absolute atomic E-state index is 12.4. The second-order valence-electron chi connectivity index (χ2n) is 6.80.